The lowest BCUT2D eigenvalue weighted by Crippen LogP contribution is -2.05. The standard InChI is InChI=1S/C12H22N2O/c1-3-6-12(15)8-5-7-11-9-13-14(4-2)10-11/h9-10,12,15H,3-8H2,1-2H3. The van der Waals surface area contributed by atoms with Crippen molar-refractivity contribution < 1.29 is 5.11 Å². The fourth-order valence-corrected chi connectivity index (χ4v) is 1.73. The summed E-state index contributed by atoms with van der Waals surface area (Å²) in [7, 11) is 0. The first-order valence-corrected chi connectivity index (χ1v) is 5.95. The maximum absolute atomic E-state index is 9.56. The molecule has 1 aromatic heterocycles. The van der Waals surface area contributed by atoms with Crippen molar-refractivity contribution in [1.82, 2.24) is 9.78 Å². The molecular weight excluding hydrogens is 188 g/mol. The van der Waals surface area contributed by atoms with Crippen molar-refractivity contribution in [3.8, 4) is 0 Å². The van der Waals surface area contributed by atoms with Crippen molar-refractivity contribution in [2.75, 3.05) is 0 Å². The van der Waals surface area contributed by atoms with Crippen LogP contribution in [0.4, 0.5) is 0 Å². The molecule has 0 bridgehead atoms. The molecule has 1 N–H and O–H groups in total. The lowest BCUT2D eigenvalue weighted by atomic mass is 10.1. The van der Waals surface area contributed by atoms with Crippen LogP contribution in [0.2, 0.25) is 0 Å². The second kappa shape index (κ2) is 6.62. The largest absolute Gasteiger partial charge is 0.393 e. The third kappa shape index (κ3) is 4.47. The zero-order chi connectivity index (χ0) is 11.1. The number of aliphatic hydroxyl groups excluding tert-OH is 1. The summed E-state index contributed by atoms with van der Waals surface area (Å²) in [5.74, 6) is 0. The highest BCUT2D eigenvalue weighted by atomic mass is 16.3. The van der Waals surface area contributed by atoms with Gasteiger partial charge in [-0.05, 0) is 38.2 Å². The van der Waals surface area contributed by atoms with Crippen LogP contribution in [0.5, 0.6) is 0 Å². The van der Waals surface area contributed by atoms with E-state index in [4.69, 9.17) is 0 Å². The molecule has 0 amide bonds. The average Bonchev–Trinajstić information content (AvgIpc) is 2.66. The van der Waals surface area contributed by atoms with E-state index in [0.717, 1.165) is 38.6 Å². The molecular formula is C12H22N2O. The minimum absolute atomic E-state index is 0.115. The number of nitrogens with zero attached hydrogens (tertiary/aromatic N) is 2. The van der Waals surface area contributed by atoms with Gasteiger partial charge < -0.3 is 5.11 Å². The van der Waals surface area contributed by atoms with Gasteiger partial charge in [0.2, 0.25) is 0 Å². The minimum atomic E-state index is -0.115. The average molecular weight is 210 g/mol. The Morgan fingerprint density at radius 3 is 2.80 bits per heavy atom. The van der Waals surface area contributed by atoms with Gasteiger partial charge in [-0.1, -0.05) is 13.3 Å². The molecule has 1 rings (SSSR count). The zero-order valence-corrected chi connectivity index (χ0v) is 9.82. The van der Waals surface area contributed by atoms with Crippen molar-refractivity contribution >= 4 is 0 Å². The first kappa shape index (κ1) is 12.2. The summed E-state index contributed by atoms with van der Waals surface area (Å²) in [6, 6.07) is 0. The summed E-state index contributed by atoms with van der Waals surface area (Å²) in [6.45, 7) is 5.12. The van der Waals surface area contributed by atoms with Gasteiger partial charge in [0.15, 0.2) is 0 Å². The minimum Gasteiger partial charge on any atom is -0.393 e. The first-order valence-electron chi connectivity index (χ1n) is 5.95. The molecule has 1 atom stereocenters. The summed E-state index contributed by atoms with van der Waals surface area (Å²) < 4.78 is 1.94. The van der Waals surface area contributed by atoms with Gasteiger partial charge in [-0.25, -0.2) is 0 Å². The van der Waals surface area contributed by atoms with Gasteiger partial charge in [0.25, 0.3) is 0 Å². The molecule has 3 heteroatoms. The predicted molar refractivity (Wildman–Crippen MR) is 61.8 cm³/mol. The molecule has 0 aliphatic carbocycles. The quantitative estimate of drug-likeness (QED) is 0.750. The molecule has 1 aromatic rings. The highest BCUT2D eigenvalue weighted by molar-refractivity contribution is 5.03. The highest BCUT2D eigenvalue weighted by Crippen LogP contribution is 2.09. The van der Waals surface area contributed by atoms with Crippen LogP contribution in [0.3, 0.4) is 0 Å². The summed E-state index contributed by atoms with van der Waals surface area (Å²) >= 11 is 0. The molecule has 0 radical (unpaired) electrons. The normalized spacial score (nSPS) is 13.0. The number of hydrogen-bond acceptors (Lipinski definition) is 2. The fraction of sp³-hybridized carbons (Fsp3) is 0.750. The maximum Gasteiger partial charge on any atom is 0.0540 e. The Labute approximate surface area is 92.1 Å². The summed E-state index contributed by atoms with van der Waals surface area (Å²) in [5, 5.41) is 13.8. The van der Waals surface area contributed by atoms with Crippen molar-refractivity contribution in [3.05, 3.63) is 18.0 Å². The first-order chi connectivity index (χ1) is 7.26. The summed E-state index contributed by atoms with van der Waals surface area (Å²) in [6.07, 6.45) is 8.88. The Bertz CT molecular complexity index is 270. The SMILES string of the molecule is CCCC(O)CCCc1cnn(CC)c1. The third-order valence-electron chi connectivity index (χ3n) is 2.64. The van der Waals surface area contributed by atoms with Crippen molar-refractivity contribution in [3.63, 3.8) is 0 Å². The molecule has 0 aromatic carbocycles. The Hall–Kier alpha value is -0.830. The van der Waals surface area contributed by atoms with Crippen molar-refractivity contribution in [1.29, 1.82) is 0 Å². The predicted octanol–water partition coefficient (Wildman–Crippen LogP) is 2.39. The van der Waals surface area contributed by atoms with Crippen LogP contribution in [0.1, 0.15) is 45.1 Å². The molecule has 0 fully saturated rings. The van der Waals surface area contributed by atoms with Crippen molar-refractivity contribution in [2.24, 2.45) is 0 Å². The van der Waals surface area contributed by atoms with E-state index in [9.17, 15) is 5.11 Å². The van der Waals surface area contributed by atoms with Crippen LogP contribution >= 0.6 is 0 Å². The monoisotopic (exact) mass is 210 g/mol. The molecule has 0 saturated heterocycles. The molecule has 0 saturated carbocycles. The Morgan fingerprint density at radius 2 is 2.20 bits per heavy atom. The fourth-order valence-electron chi connectivity index (χ4n) is 1.73. The van der Waals surface area contributed by atoms with Crippen LogP contribution < -0.4 is 0 Å². The summed E-state index contributed by atoms with van der Waals surface area (Å²) in [5.41, 5.74) is 1.28. The molecule has 86 valence electrons. The van der Waals surface area contributed by atoms with Crippen LogP contribution in [-0.2, 0) is 13.0 Å². The molecule has 3 nitrogen and oxygen atoms in total. The van der Waals surface area contributed by atoms with E-state index in [2.05, 4.69) is 25.1 Å². The van der Waals surface area contributed by atoms with Gasteiger partial charge in [-0.15, -0.1) is 0 Å². The number of rotatable bonds is 7. The van der Waals surface area contributed by atoms with E-state index in [1.807, 2.05) is 10.9 Å². The van der Waals surface area contributed by atoms with Gasteiger partial charge >= 0.3 is 0 Å². The number of aromatic nitrogens is 2. The Kier molecular flexibility index (Phi) is 5.40. The number of hydrogen-bond donors (Lipinski definition) is 1. The zero-order valence-electron chi connectivity index (χ0n) is 9.82. The van der Waals surface area contributed by atoms with Gasteiger partial charge in [-0.3, -0.25) is 4.68 Å². The second-order valence-corrected chi connectivity index (χ2v) is 4.04. The number of aryl methyl sites for hydroxylation is 2. The maximum atomic E-state index is 9.56. The van der Waals surface area contributed by atoms with E-state index >= 15 is 0 Å². The smallest absolute Gasteiger partial charge is 0.0540 e. The van der Waals surface area contributed by atoms with E-state index in [-0.39, 0.29) is 6.10 Å². The number of aliphatic hydroxyl groups is 1. The second-order valence-electron chi connectivity index (χ2n) is 4.04. The summed E-state index contributed by atoms with van der Waals surface area (Å²) in [4.78, 5) is 0. The molecule has 1 heterocycles. The van der Waals surface area contributed by atoms with E-state index in [1.54, 1.807) is 0 Å². The van der Waals surface area contributed by atoms with Crippen LogP contribution in [0.15, 0.2) is 12.4 Å². The van der Waals surface area contributed by atoms with Crippen LogP contribution in [-0.4, -0.2) is 21.0 Å². The Balaban J connectivity index is 2.19. The van der Waals surface area contributed by atoms with Crippen LogP contribution in [0.25, 0.3) is 0 Å². The Morgan fingerprint density at radius 1 is 1.40 bits per heavy atom. The van der Waals surface area contributed by atoms with Crippen molar-refractivity contribution in [2.45, 2.75) is 58.6 Å². The molecule has 0 aliphatic rings. The van der Waals surface area contributed by atoms with Gasteiger partial charge in [0, 0.05) is 12.7 Å². The topological polar surface area (TPSA) is 38.1 Å². The van der Waals surface area contributed by atoms with Gasteiger partial charge in [0.05, 0.1) is 12.3 Å². The molecule has 0 spiro atoms. The van der Waals surface area contributed by atoms with Crippen LogP contribution in [0, 0.1) is 0 Å². The molecule has 1 unspecified atom stereocenters. The lowest BCUT2D eigenvalue weighted by molar-refractivity contribution is 0.151. The van der Waals surface area contributed by atoms with E-state index < -0.39 is 0 Å². The highest BCUT2D eigenvalue weighted by Gasteiger charge is 2.03. The molecule has 0 aliphatic heterocycles. The van der Waals surface area contributed by atoms with Gasteiger partial charge in [0.1, 0.15) is 0 Å². The van der Waals surface area contributed by atoms with Gasteiger partial charge in [-0.2, -0.15) is 5.10 Å². The molecule has 15 heavy (non-hydrogen) atoms. The van der Waals surface area contributed by atoms with E-state index in [1.165, 1.54) is 5.56 Å². The lowest BCUT2D eigenvalue weighted by Gasteiger charge is -2.07. The third-order valence-corrected chi connectivity index (χ3v) is 2.64. The van der Waals surface area contributed by atoms with E-state index in [0.29, 0.717) is 0 Å².